The fourth-order valence-corrected chi connectivity index (χ4v) is 3.31. The Balaban J connectivity index is 2.02. The van der Waals surface area contributed by atoms with Crippen molar-refractivity contribution in [3.63, 3.8) is 0 Å². The first-order chi connectivity index (χ1) is 17.0. The summed E-state index contributed by atoms with van der Waals surface area (Å²) in [5.41, 5.74) is 0.573. The van der Waals surface area contributed by atoms with E-state index in [1.165, 1.54) is 12.1 Å². The second-order valence-corrected chi connectivity index (χ2v) is 8.64. The highest BCUT2D eigenvalue weighted by molar-refractivity contribution is 6.39. The molecule has 0 spiro atoms. The van der Waals surface area contributed by atoms with Crippen LogP contribution in [0.1, 0.15) is 40.0 Å². The number of ether oxygens (including phenoxy) is 1. The van der Waals surface area contributed by atoms with Gasteiger partial charge in [-0.15, -0.1) is 19.8 Å². The quantitative estimate of drug-likeness (QED) is 0.175. The van der Waals surface area contributed by atoms with E-state index in [1.54, 1.807) is 19.1 Å². The molecule has 1 fully saturated rings. The maximum absolute atomic E-state index is 12.9. The molecule has 1 aliphatic carbocycles. The molecule has 4 N–H and O–H groups in total. The summed E-state index contributed by atoms with van der Waals surface area (Å²) in [5, 5.41) is 11.2. The van der Waals surface area contributed by atoms with Crippen LogP contribution >= 0.6 is 0 Å². The van der Waals surface area contributed by atoms with E-state index in [2.05, 4.69) is 37.6 Å². The summed E-state index contributed by atoms with van der Waals surface area (Å²) >= 11 is 0. The van der Waals surface area contributed by atoms with Gasteiger partial charge in [0.15, 0.2) is 0 Å². The largest absolute Gasteiger partial charge is 0.573 e. The number of aliphatic imine (C=N–C) groups is 1. The summed E-state index contributed by atoms with van der Waals surface area (Å²) < 4.78 is 40.7. The van der Waals surface area contributed by atoms with E-state index in [9.17, 15) is 22.8 Å². The van der Waals surface area contributed by atoms with Crippen molar-refractivity contribution in [3.8, 4) is 5.75 Å². The molecule has 2 rings (SSSR count). The van der Waals surface area contributed by atoms with Gasteiger partial charge in [-0.1, -0.05) is 25.8 Å². The molecular weight excluding hydrogens is 475 g/mol. The third kappa shape index (κ3) is 10.9. The van der Waals surface area contributed by atoms with Crippen molar-refractivity contribution in [1.29, 1.82) is 0 Å². The predicted octanol–water partition coefficient (Wildman–Crippen LogP) is 4.73. The second-order valence-electron chi connectivity index (χ2n) is 8.64. The number of alkyl halides is 3. The first-order valence-electron chi connectivity index (χ1n) is 11.8. The maximum Gasteiger partial charge on any atom is 0.573 e. The minimum absolute atomic E-state index is 0.112. The number of benzene rings is 1. The number of carbonyl (C=O) groups is 2. The molecule has 1 aliphatic rings. The van der Waals surface area contributed by atoms with Crippen molar-refractivity contribution < 1.29 is 27.5 Å². The van der Waals surface area contributed by atoms with Gasteiger partial charge in [-0.2, -0.15) is 0 Å². The van der Waals surface area contributed by atoms with E-state index in [0.29, 0.717) is 24.7 Å². The lowest BCUT2D eigenvalue weighted by Crippen LogP contribution is -2.40. The number of amides is 3. The number of halogens is 3. The summed E-state index contributed by atoms with van der Waals surface area (Å²) in [6.45, 7) is 10.2. The highest BCUT2D eigenvalue weighted by atomic mass is 19.4. The number of urea groups is 1. The van der Waals surface area contributed by atoms with Gasteiger partial charge in [0, 0.05) is 30.7 Å². The number of rotatable bonds is 13. The van der Waals surface area contributed by atoms with Crippen LogP contribution in [0.4, 0.5) is 23.7 Å². The fraction of sp³-hybridized carbons (Fsp3) is 0.480. The molecule has 0 aliphatic heterocycles. The molecule has 0 aromatic heterocycles. The third-order valence-electron chi connectivity index (χ3n) is 5.42. The molecule has 11 heteroatoms. The second kappa shape index (κ2) is 13.7. The Morgan fingerprint density at radius 3 is 2.42 bits per heavy atom. The normalized spacial score (nSPS) is 16.1. The van der Waals surface area contributed by atoms with Crippen LogP contribution in [0.15, 0.2) is 53.8 Å². The number of anilines is 1. The monoisotopic (exact) mass is 509 g/mol. The number of nitrogens with one attached hydrogen (secondary N) is 4. The van der Waals surface area contributed by atoms with Crippen molar-refractivity contribution in [2.24, 2.45) is 16.8 Å². The van der Waals surface area contributed by atoms with Crippen LogP contribution in [-0.2, 0) is 4.79 Å². The summed E-state index contributed by atoms with van der Waals surface area (Å²) in [5.74, 6) is -0.0725. The first-order valence-corrected chi connectivity index (χ1v) is 11.8. The molecule has 0 radical (unpaired) electrons. The van der Waals surface area contributed by atoms with Crippen LogP contribution in [0, 0.1) is 11.8 Å². The van der Waals surface area contributed by atoms with E-state index in [-0.39, 0.29) is 29.4 Å². The topological polar surface area (TPSA) is 104 Å². The number of allylic oxidation sites excluding steroid dienone is 1. The summed E-state index contributed by atoms with van der Waals surface area (Å²) in [6.07, 6.45) is 1.62. The predicted molar refractivity (Wildman–Crippen MR) is 134 cm³/mol. The van der Waals surface area contributed by atoms with Crippen LogP contribution in [0.3, 0.4) is 0 Å². The van der Waals surface area contributed by atoms with Gasteiger partial charge in [0.25, 0.3) is 5.91 Å². The molecule has 1 aromatic rings. The Morgan fingerprint density at radius 2 is 1.86 bits per heavy atom. The highest BCUT2D eigenvalue weighted by Crippen LogP contribution is 2.35. The Hall–Kier alpha value is -3.34. The molecule has 3 amide bonds. The van der Waals surface area contributed by atoms with Crippen molar-refractivity contribution >= 4 is 23.3 Å². The van der Waals surface area contributed by atoms with Crippen LogP contribution in [0.25, 0.3) is 0 Å². The zero-order valence-electron chi connectivity index (χ0n) is 20.7. The fourth-order valence-electron chi connectivity index (χ4n) is 3.31. The molecule has 198 valence electrons. The Morgan fingerprint density at radius 1 is 1.19 bits per heavy atom. The van der Waals surface area contributed by atoms with Crippen molar-refractivity contribution in [1.82, 2.24) is 16.0 Å². The number of carbonyl (C=O) groups excluding carboxylic acids is 2. The molecule has 1 unspecified atom stereocenters. The molecule has 1 saturated carbocycles. The molecular formula is C25H34F3N5O3. The van der Waals surface area contributed by atoms with Gasteiger partial charge in [-0.05, 0) is 56.5 Å². The van der Waals surface area contributed by atoms with Gasteiger partial charge in [0.05, 0.1) is 0 Å². The number of hydrogen-bond donors (Lipinski definition) is 4. The highest BCUT2D eigenvalue weighted by Gasteiger charge is 2.31. The van der Waals surface area contributed by atoms with Gasteiger partial charge in [0.2, 0.25) is 0 Å². The molecule has 1 aromatic carbocycles. The smallest absolute Gasteiger partial charge is 0.406 e. The van der Waals surface area contributed by atoms with Crippen molar-refractivity contribution in [3.05, 3.63) is 48.8 Å². The van der Waals surface area contributed by atoms with Gasteiger partial charge < -0.3 is 20.7 Å². The van der Waals surface area contributed by atoms with Gasteiger partial charge in [0.1, 0.15) is 17.3 Å². The lowest BCUT2D eigenvalue weighted by Gasteiger charge is -2.17. The van der Waals surface area contributed by atoms with Crippen LogP contribution in [0.5, 0.6) is 5.75 Å². The zero-order chi connectivity index (χ0) is 26.7. The van der Waals surface area contributed by atoms with E-state index in [1.807, 2.05) is 13.8 Å². The SMILES string of the molecule is C=CC(C)NCCNC(=O)C(=N/C(=C\C)NC(=O)Nc1ccc(OC(F)(F)F)cc1)[C@@H](C)CC1CC1. The van der Waals surface area contributed by atoms with Crippen LogP contribution in [-0.4, -0.2) is 43.1 Å². The number of hydrogen-bond acceptors (Lipinski definition) is 5. The van der Waals surface area contributed by atoms with E-state index < -0.39 is 18.1 Å². The Bertz CT molecular complexity index is 957. The number of nitrogens with zero attached hydrogens (tertiary/aromatic N) is 1. The molecule has 36 heavy (non-hydrogen) atoms. The summed E-state index contributed by atoms with van der Waals surface area (Å²) in [6, 6.07) is 4.19. The molecule has 0 bridgehead atoms. The minimum atomic E-state index is -4.80. The molecule has 2 atom stereocenters. The van der Waals surface area contributed by atoms with Crippen molar-refractivity contribution in [2.45, 2.75) is 52.4 Å². The van der Waals surface area contributed by atoms with Gasteiger partial charge in [-0.25, -0.2) is 9.79 Å². The van der Waals surface area contributed by atoms with E-state index in [4.69, 9.17) is 0 Å². The van der Waals surface area contributed by atoms with Crippen LogP contribution in [0.2, 0.25) is 0 Å². The van der Waals surface area contributed by atoms with Crippen molar-refractivity contribution in [2.75, 3.05) is 18.4 Å². The third-order valence-corrected chi connectivity index (χ3v) is 5.42. The molecule has 0 saturated heterocycles. The Kier molecular flexibility index (Phi) is 11.0. The molecule has 0 heterocycles. The lowest BCUT2D eigenvalue weighted by molar-refractivity contribution is -0.274. The van der Waals surface area contributed by atoms with E-state index >= 15 is 0 Å². The van der Waals surface area contributed by atoms with Crippen LogP contribution < -0.4 is 26.0 Å². The van der Waals surface area contributed by atoms with Gasteiger partial charge in [-0.3, -0.25) is 10.1 Å². The summed E-state index contributed by atoms with van der Waals surface area (Å²) in [7, 11) is 0. The van der Waals surface area contributed by atoms with E-state index in [0.717, 1.165) is 31.4 Å². The maximum atomic E-state index is 12.9. The first kappa shape index (κ1) is 28.9. The Labute approximate surface area is 209 Å². The summed E-state index contributed by atoms with van der Waals surface area (Å²) in [4.78, 5) is 29.8. The standard InChI is InChI=1S/C25H34F3N5O3/c1-5-17(4)29-13-14-30-23(34)22(16(3)15-18-7-8-18)32-21(6-2)33-24(35)31-19-9-11-20(12-10-19)36-25(26,27)28/h5-6,9-12,16-18,29H,1,7-8,13-15H2,2-4H3,(H,30,34)(H2,31,33,35)/b21-6+,32-22?/t16-,17?/m0/s1. The zero-order valence-corrected chi connectivity index (χ0v) is 20.7. The average Bonchev–Trinajstić information content (AvgIpc) is 3.63. The lowest BCUT2D eigenvalue weighted by atomic mass is 9.98. The minimum Gasteiger partial charge on any atom is -0.406 e. The molecule has 8 nitrogen and oxygen atoms in total. The van der Waals surface area contributed by atoms with Gasteiger partial charge >= 0.3 is 12.4 Å². The average molecular weight is 510 g/mol.